The zero-order valence-corrected chi connectivity index (χ0v) is 19.2. The van der Waals surface area contributed by atoms with Crippen molar-refractivity contribution in [2.75, 3.05) is 19.6 Å². The van der Waals surface area contributed by atoms with Crippen LogP contribution in [0.1, 0.15) is 6.42 Å². The van der Waals surface area contributed by atoms with Crippen LogP contribution in [0.3, 0.4) is 0 Å². The number of nitrogens with zero attached hydrogens (tertiary/aromatic N) is 1. The van der Waals surface area contributed by atoms with E-state index in [2.05, 4.69) is 10.3 Å². The summed E-state index contributed by atoms with van der Waals surface area (Å²) in [4.78, 5) is 15.2. The van der Waals surface area contributed by atoms with E-state index in [-0.39, 0.29) is 29.4 Å². The topological polar surface area (TPSA) is 128 Å². The van der Waals surface area contributed by atoms with Gasteiger partial charge in [-0.15, -0.1) is 0 Å². The fourth-order valence-corrected chi connectivity index (χ4v) is 6.28. The number of aromatic nitrogens is 1. The van der Waals surface area contributed by atoms with E-state index in [1.807, 2.05) is 4.72 Å². The van der Waals surface area contributed by atoms with E-state index in [0.29, 0.717) is 22.5 Å². The summed E-state index contributed by atoms with van der Waals surface area (Å²) in [7, 11) is -7.83. The van der Waals surface area contributed by atoms with Crippen LogP contribution >= 0.6 is 11.6 Å². The largest absolute Gasteiger partial charge is 0.345 e. The van der Waals surface area contributed by atoms with Gasteiger partial charge in [0.2, 0.25) is 5.91 Å². The van der Waals surface area contributed by atoms with Gasteiger partial charge in [-0.2, -0.15) is 4.31 Å². The van der Waals surface area contributed by atoms with Crippen LogP contribution in [0.25, 0.3) is 10.9 Å². The Morgan fingerprint density at radius 2 is 1.84 bits per heavy atom. The smallest absolute Gasteiger partial charge is 0.264 e. The molecule has 0 aliphatic carbocycles. The first-order chi connectivity index (χ1) is 15.1. The van der Waals surface area contributed by atoms with Gasteiger partial charge < -0.3 is 10.3 Å². The Balaban J connectivity index is 1.45. The molecule has 3 aromatic rings. The number of H-pyrrole nitrogens is 1. The van der Waals surface area contributed by atoms with E-state index in [9.17, 15) is 21.6 Å². The van der Waals surface area contributed by atoms with Crippen molar-refractivity contribution >= 4 is 48.5 Å². The molecule has 2 heterocycles. The molecule has 4 rings (SSSR count). The quantitative estimate of drug-likeness (QED) is 0.476. The van der Waals surface area contributed by atoms with Crippen LogP contribution < -0.4 is 10.0 Å². The van der Waals surface area contributed by atoms with Crippen molar-refractivity contribution in [1.82, 2.24) is 19.3 Å². The predicted octanol–water partition coefficient (Wildman–Crippen LogP) is 1.68. The Bertz CT molecular complexity index is 1360. The van der Waals surface area contributed by atoms with Crippen LogP contribution in [-0.4, -0.2) is 57.7 Å². The monoisotopic (exact) mass is 496 g/mol. The van der Waals surface area contributed by atoms with Crippen LogP contribution in [0, 0.1) is 0 Å². The van der Waals surface area contributed by atoms with Crippen molar-refractivity contribution in [2.24, 2.45) is 0 Å². The fraction of sp³-hybridized carbons (Fsp3) is 0.250. The van der Waals surface area contributed by atoms with Gasteiger partial charge in [-0.25, -0.2) is 21.6 Å². The Morgan fingerprint density at radius 3 is 2.59 bits per heavy atom. The Labute approximate surface area is 190 Å². The minimum Gasteiger partial charge on any atom is -0.345 e. The number of piperazine rings is 1. The molecule has 0 spiro atoms. The summed E-state index contributed by atoms with van der Waals surface area (Å²) in [5.74, 6) is -0.717. The molecule has 3 N–H and O–H groups in total. The average molecular weight is 497 g/mol. The lowest BCUT2D eigenvalue weighted by Crippen LogP contribution is -2.54. The molecule has 32 heavy (non-hydrogen) atoms. The number of benzene rings is 2. The molecule has 1 fully saturated rings. The fourth-order valence-electron chi connectivity index (χ4n) is 3.58. The first-order valence-electron chi connectivity index (χ1n) is 9.78. The highest BCUT2D eigenvalue weighted by molar-refractivity contribution is 7.90. The van der Waals surface area contributed by atoms with Crippen molar-refractivity contribution < 1.29 is 21.6 Å². The molecule has 1 amide bonds. The van der Waals surface area contributed by atoms with Crippen LogP contribution in [0.2, 0.25) is 5.02 Å². The number of amides is 1. The number of halogens is 1. The normalized spacial score (nSPS) is 18.0. The third kappa shape index (κ3) is 4.81. The maximum atomic E-state index is 13.1. The molecule has 12 heteroatoms. The molecule has 1 saturated heterocycles. The first-order valence-corrected chi connectivity index (χ1v) is 13.1. The molecule has 1 unspecified atom stereocenters. The van der Waals surface area contributed by atoms with Gasteiger partial charge in [0, 0.05) is 48.0 Å². The molecule has 1 aromatic heterocycles. The lowest BCUT2D eigenvalue weighted by Gasteiger charge is -2.32. The number of carbonyl (C=O) groups excluding carboxylic acids is 1. The van der Waals surface area contributed by atoms with Crippen molar-refractivity contribution in [3.8, 4) is 0 Å². The minimum absolute atomic E-state index is 0.0203. The van der Waals surface area contributed by atoms with Crippen molar-refractivity contribution in [3.05, 3.63) is 59.6 Å². The number of sulfonamides is 2. The number of aromatic amines is 1. The standard InChI is InChI=1S/C20H21ClN4O5S2/c21-15-6-7-18-14(10-15)11-20(23-18)32(29,30)25-9-8-22-16(13-25)12-19(26)24-31(27,28)17-4-2-1-3-5-17/h1-7,10-11,16,22-23H,8-9,12-13H2,(H,24,26). The molecule has 2 aromatic carbocycles. The van der Waals surface area contributed by atoms with Crippen LogP contribution in [-0.2, 0) is 24.8 Å². The summed E-state index contributed by atoms with van der Waals surface area (Å²) in [6, 6.07) is 13.6. The van der Waals surface area contributed by atoms with E-state index in [0.717, 1.165) is 0 Å². The summed E-state index contributed by atoms with van der Waals surface area (Å²) in [6.45, 7) is 0.574. The summed E-state index contributed by atoms with van der Waals surface area (Å²) in [5.41, 5.74) is 0.644. The second kappa shape index (κ2) is 8.83. The highest BCUT2D eigenvalue weighted by atomic mass is 35.5. The van der Waals surface area contributed by atoms with E-state index in [4.69, 9.17) is 11.6 Å². The SMILES string of the molecule is O=C(CC1CN(S(=O)(=O)c2cc3cc(Cl)ccc3[nH]2)CCN1)NS(=O)(=O)c1ccccc1. The zero-order chi connectivity index (χ0) is 22.9. The number of hydrogen-bond donors (Lipinski definition) is 3. The molecule has 0 radical (unpaired) electrons. The Morgan fingerprint density at radius 1 is 1.09 bits per heavy atom. The molecule has 1 aliphatic heterocycles. The van der Waals surface area contributed by atoms with Crippen LogP contribution in [0.15, 0.2) is 64.5 Å². The Kier molecular flexibility index (Phi) is 6.28. The van der Waals surface area contributed by atoms with E-state index >= 15 is 0 Å². The molecule has 0 saturated carbocycles. The molecule has 0 bridgehead atoms. The maximum Gasteiger partial charge on any atom is 0.264 e. The average Bonchev–Trinajstić information content (AvgIpc) is 3.18. The number of carbonyl (C=O) groups is 1. The van der Waals surface area contributed by atoms with E-state index in [1.54, 1.807) is 36.4 Å². The highest BCUT2D eigenvalue weighted by Crippen LogP contribution is 2.25. The summed E-state index contributed by atoms with van der Waals surface area (Å²) in [6.07, 6.45) is -0.194. The molecule has 1 aliphatic rings. The molecule has 1 atom stereocenters. The third-order valence-electron chi connectivity index (χ3n) is 5.13. The third-order valence-corrected chi connectivity index (χ3v) is 8.54. The number of rotatable bonds is 6. The van der Waals surface area contributed by atoms with Gasteiger partial charge in [0.25, 0.3) is 20.0 Å². The number of hydrogen-bond acceptors (Lipinski definition) is 6. The van der Waals surface area contributed by atoms with Crippen molar-refractivity contribution in [2.45, 2.75) is 22.4 Å². The molecular formula is C20H21ClN4O5S2. The molecular weight excluding hydrogens is 476 g/mol. The first kappa shape index (κ1) is 22.7. The second-order valence-electron chi connectivity index (χ2n) is 7.43. The summed E-state index contributed by atoms with van der Waals surface area (Å²) < 4.78 is 54.2. The zero-order valence-electron chi connectivity index (χ0n) is 16.8. The van der Waals surface area contributed by atoms with Gasteiger partial charge in [-0.3, -0.25) is 4.79 Å². The summed E-state index contributed by atoms with van der Waals surface area (Å²) >= 11 is 5.98. The van der Waals surface area contributed by atoms with Crippen LogP contribution in [0.5, 0.6) is 0 Å². The maximum absolute atomic E-state index is 13.1. The number of fused-ring (bicyclic) bond motifs is 1. The summed E-state index contributed by atoms with van der Waals surface area (Å²) in [5, 5.41) is 4.28. The number of nitrogens with one attached hydrogen (secondary N) is 3. The van der Waals surface area contributed by atoms with Crippen LogP contribution in [0.4, 0.5) is 0 Å². The van der Waals surface area contributed by atoms with Gasteiger partial charge in [-0.1, -0.05) is 29.8 Å². The van der Waals surface area contributed by atoms with Gasteiger partial charge in [0.15, 0.2) is 0 Å². The lowest BCUT2D eigenvalue weighted by molar-refractivity contribution is -0.120. The predicted molar refractivity (Wildman–Crippen MR) is 120 cm³/mol. The Hall–Kier alpha value is -2.44. The molecule has 170 valence electrons. The van der Waals surface area contributed by atoms with E-state index < -0.39 is 32.0 Å². The van der Waals surface area contributed by atoms with Gasteiger partial charge in [0.1, 0.15) is 5.03 Å². The van der Waals surface area contributed by atoms with Gasteiger partial charge in [0.05, 0.1) is 4.90 Å². The van der Waals surface area contributed by atoms with Crippen molar-refractivity contribution in [1.29, 1.82) is 0 Å². The second-order valence-corrected chi connectivity index (χ2v) is 11.5. The highest BCUT2D eigenvalue weighted by Gasteiger charge is 2.32. The lowest BCUT2D eigenvalue weighted by atomic mass is 10.1. The minimum atomic E-state index is -3.99. The van der Waals surface area contributed by atoms with Gasteiger partial charge in [-0.05, 0) is 36.4 Å². The van der Waals surface area contributed by atoms with Gasteiger partial charge >= 0.3 is 0 Å². The molecule has 9 nitrogen and oxygen atoms in total. The van der Waals surface area contributed by atoms with E-state index in [1.165, 1.54) is 22.5 Å². The van der Waals surface area contributed by atoms with Crippen molar-refractivity contribution in [3.63, 3.8) is 0 Å².